The van der Waals surface area contributed by atoms with Crippen molar-refractivity contribution in [3.05, 3.63) is 12.2 Å². The molecule has 0 amide bonds. The predicted molar refractivity (Wildman–Crippen MR) is 100.0 cm³/mol. The molecule has 8 atom stereocenters. The fourth-order valence-corrected chi connectivity index (χ4v) is 7.49. The number of hydrogen-bond donors (Lipinski definition) is 2. The second-order valence-corrected chi connectivity index (χ2v) is 10.2. The fourth-order valence-electron chi connectivity index (χ4n) is 7.49. The number of esters is 1. The summed E-state index contributed by atoms with van der Waals surface area (Å²) < 4.78 is 5.59. The van der Waals surface area contributed by atoms with Gasteiger partial charge in [-0.25, -0.2) is 0 Å². The molecule has 4 rings (SSSR count). The summed E-state index contributed by atoms with van der Waals surface area (Å²) in [7, 11) is 0. The third-order valence-electron chi connectivity index (χ3n) is 8.78. The van der Waals surface area contributed by atoms with E-state index in [0.717, 1.165) is 0 Å². The van der Waals surface area contributed by atoms with Crippen LogP contribution in [-0.4, -0.2) is 46.1 Å². The lowest BCUT2D eigenvalue weighted by atomic mass is 9.39. The molecule has 2 N–H and O–H groups in total. The molecule has 4 saturated carbocycles. The Balaban J connectivity index is 1.82. The first-order valence-corrected chi connectivity index (χ1v) is 10.2. The van der Waals surface area contributed by atoms with Gasteiger partial charge in [0.2, 0.25) is 0 Å². The molecule has 4 aliphatic rings. The van der Waals surface area contributed by atoms with E-state index in [-0.39, 0.29) is 41.6 Å². The summed E-state index contributed by atoms with van der Waals surface area (Å²) in [5.74, 6) is -2.21. The first kappa shape index (κ1) is 19.8. The van der Waals surface area contributed by atoms with Gasteiger partial charge in [-0.1, -0.05) is 27.4 Å². The van der Waals surface area contributed by atoms with E-state index in [2.05, 4.69) is 13.5 Å². The van der Waals surface area contributed by atoms with Gasteiger partial charge in [0.1, 0.15) is 11.9 Å². The standard InChI is InChI=1S/C22H30O6/c1-10-17-12(24)8-14-21(5)7-6-16(28-11(2)23)20(3,4)13(21)9-15(25)22(14,18(10)26)19(17)27/h13-17,19,25,27H,1,6-9H2,2-5H3/t13-,14?,15-,16-,17+,19+,21?,22-/m0/s1. The number of Topliss-reactive ketones (excluding diaryl/α,β-unsaturated/α-hetero) is 2. The smallest absolute Gasteiger partial charge is 0.302 e. The predicted octanol–water partition coefficient (Wildman–Crippen LogP) is 1.82. The molecule has 0 aliphatic heterocycles. The second-order valence-electron chi connectivity index (χ2n) is 10.2. The van der Waals surface area contributed by atoms with Gasteiger partial charge < -0.3 is 14.9 Å². The van der Waals surface area contributed by atoms with Crippen molar-refractivity contribution in [2.45, 2.75) is 71.7 Å². The molecule has 4 fully saturated rings. The number of carbonyl (C=O) groups is 3. The van der Waals surface area contributed by atoms with Gasteiger partial charge in [-0.15, -0.1) is 0 Å². The molecular formula is C22H30O6. The van der Waals surface area contributed by atoms with E-state index in [9.17, 15) is 24.6 Å². The maximum atomic E-state index is 13.3. The van der Waals surface area contributed by atoms with Crippen molar-refractivity contribution in [2.75, 3.05) is 0 Å². The average molecular weight is 390 g/mol. The van der Waals surface area contributed by atoms with Crippen molar-refractivity contribution in [1.29, 1.82) is 0 Å². The van der Waals surface area contributed by atoms with Crippen LogP contribution >= 0.6 is 0 Å². The van der Waals surface area contributed by atoms with E-state index in [4.69, 9.17) is 4.74 Å². The van der Waals surface area contributed by atoms with Gasteiger partial charge in [0.25, 0.3) is 0 Å². The highest BCUT2D eigenvalue weighted by atomic mass is 16.5. The minimum absolute atomic E-state index is 0.0538. The molecule has 0 aromatic heterocycles. The van der Waals surface area contributed by atoms with Crippen LogP contribution < -0.4 is 0 Å². The quantitative estimate of drug-likeness (QED) is 0.523. The van der Waals surface area contributed by atoms with Gasteiger partial charge >= 0.3 is 5.97 Å². The van der Waals surface area contributed by atoms with E-state index in [1.807, 2.05) is 13.8 Å². The number of carbonyl (C=O) groups excluding carboxylic acids is 3. The van der Waals surface area contributed by atoms with Crippen molar-refractivity contribution in [3.8, 4) is 0 Å². The Labute approximate surface area is 165 Å². The summed E-state index contributed by atoms with van der Waals surface area (Å²) in [5.41, 5.74) is -2.05. The highest BCUT2D eigenvalue weighted by Crippen LogP contribution is 2.70. The minimum atomic E-state index is -1.34. The van der Waals surface area contributed by atoms with Crippen LogP contribution in [0, 0.1) is 34.0 Å². The van der Waals surface area contributed by atoms with Crippen molar-refractivity contribution >= 4 is 17.5 Å². The number of hydrogen-bond acceptors (Lipinski definition) is 6. The molecule has 154 valence electrons. The number of ether oxygens (including phenoxy) is 1. The van der Waals surface area contributed by atoms with Crippen LogP contribution in [0.15, 0.2) is 12.2 Å². The molecular weight excluding hydrogens is 360 g/mol. The SMILES string of the molecule is C=C1C(=O)[C@@]23C(CC(=O)[C@@H]1[C@H]2O)C1(C)CC[C@H](OC(C)=O)C(C)(C)[C@@H]1C[C@@H]3O. The molecule has 0 heterocycles. The lowest BCUT2D eigenvalue weighted by molar-refractivity contribution is -0.238. The highest BCUT2D eigenvalue weighted by molar-refractivity contribution is 6.12. The zero-order valence-electron chi connectivity index (χ0n) is 17.0. The third kappa shape index (κ3) is 2.08. The van der Waals surface area contributed by atoms with Gasteiger partial charge in [0.05, 0.1) is 23.5 Å². The topological polar surface area (TPSA) is 101 Å². The van der Waals surface area contributed by atoms with Crippen molar-refractivity contribution < 1.29 is 29.3 Å². The molecule has 0 aromatic rings. The Morgan fingerprint density at radius 1 is 1.18 bits per heavy atom. The van der Waals surface area contributed by atoms with Crippen LogP contribution in [0.2, 0.25) is 0 Å². The zero-order chi connectivity index (χ0) is 20.8. The lowest BCUT2D eigenvalue weighted by Crippen LogP contribution is -2.69. The van der Waals surface area contributed by atoms with E-state index in [1.165, 1.54) is 6.92 Å². The Hall–Kier alpha value is -1.53. The number of aliphatic hydroxyl groups is 2. The first-order chi connectivity index (χ1) is 12.9. The Bertz CT molecular complexity index is 784. The second kappa shape index (κ2) is 5.76. The molecule has 28 heavy (non-hydrogen) atoms. The van der Waals surface area contributed by atoms with Crippen LogP contribution in [0.1, 0.15) is 53.4 Å². The van der Waals surface area contributed by atoms with Crippen LogP contribution in [0.25, 0.3) is 0 Å². The van der Waals surface area contributed by atoms with Crippen molar-refractivity contribution in [2.24, 2.45) is 34.0 Å². The molecule has 6 nitrogen and oxygen atoms in total. The summed E-state index contributed by atoms with van der Waals surface area (Å²) >= 11 is 0. The maximum Gasteiger partial charge on any atom is 0.302 e. The average Bonchev–Trinajstić information content (AvgIpc) is 2.72. The fraction of sp³-hybridized carbons (Fsp3) is 0.773. The zero-order valence-corrected chi connectivity index (χ0v) is 17.0. The number of ketones is 2. The van der Waals surface area contributed by atoms with E-state index >= 15 is 0 Å². The van der Waals surface area contributed by atoms with Gasteiger partial charge in [-0.2, -0.15) is 0 Å². The van der Waals surface area contributed by atoms with E-state index in [0.29, 0.717) is 19.3 Å². The monoisotopic (exact) mass is 390 g/mol. The van der Waals surface area contributed by atoms with E-state index in [1.54, 1.807) is 0 Å². The Morgan fingerprint density at radius 2 is 1.82 bits per heavy atom. The summed E-state index contributed by atoms with van der Waals surface area (Å²) in [5, 5.41) is 22.3. The normalized spacial score (nSPS) is 49.4. The van der Waals surface area contributed by atoms with Crippen molar-refractivity contribution in [3.63, 3.8) is 0 Å². The van der Waals surface area contributed by atoms with Crippen LogP contribution in [0.5, 0.6) is 0 Å². The minimum Gasteiger partial charge on any atom is -0.462 e. The lowest BCUT2D eigenvalue weighted by Gasteiger charge is -2.65. The molecule has 2 bridgehead atoms. The molecule has 0 radical (unpaired) electrons. The van der Waals surface area contributed by atoms with Crippen LogP contribution in [-0.2, 0) is 19.1 Å². The Morgan fingerprint density at radius 3 is 2.43 bits per heavy atom. The molecule has 2 unspecified atom stereocenters. The summed E-state index contributed by atoms with van der Waals surface area (Å²) in [6.07, 6.45) is -0.743. The summed E-state index contributed by atoms with van der Waals surface area (Å²) in [6, 6.07) is 0. The molecule has 4 aliphatic carbocycles. The molecule has 0 aromatic carbocycles. The highest BCUT2D eigenvalue weighted by Gasteiger charge is 2.76. The summed E-state index contributed by atoms with van der Waals surface area (Å²) in [6.45, 7) is 11.3. The van der Waals surface area contributed by atoms with E-state index < -0.39 is 40.3 Å². The number of aliphatic hydroxyl groups excluding tert-OH is 2. The Kier molecular flexibility index (Phi) is 4.07. The molecule has 6 heteroatoms. The third-order valence-corrected chi connectivity index (χ3v) is 8.78. The summed E-state index contributed by atoms with van der Waals surface area (Å²) in [4.78, 5) is 37.7. The maximum absolute atomic E-state index is 13.3. The van der Waals surface area contributed by atoms with Gasteiger partial charge in [0.15, 0.2) is 5.78 Å². The van der Waals surface area contributed by atoms with Crippen LogP contribution in [0.4, 0.5) is 0 Å². The van der Waals surface area contributed by atoms with Gasteiger partial charge in [-0.05, 0) is 36.5 Å². The molecule has 1 spiro atoms. The van der Waals surface area contributed by atoms with Gasteiger partial charge in [0, 0.05) is 24.3 Å². The van der Waals surface area contributed by atoms with Crippen molar-refractivity contribution in [1.82, 2.24) is 0 Å². The first-order valence-electron chi connectivity index (χ1n) is 10.2. The number of rotatable bonds is 1. The number of fused-ring (bicyclic) bond motifs is 3. The van der Waals surface area contributed by atoms with Gasteiger partial charge in [-0.3, -0.25) is 14.4 Å². The van der Waals surface area contributed by atoms with Crippen LogP contribution in [0.3, 0.4) is 0 Å². The molecule has 0 saturated heterocycles. The largest absolute Gasteiger partial charge is 0.462 e.